The number of hydrogen-bond acceptors (Lipinski definition) is 4. The summed E-state index contributed by atoms with van der Waals surface area (Å²) in [6.45, 7) is 0. The second-order valence-electron chi connectivity index (χ2n) is 6.58. The number of carbonyl (C=O) groups excluding carboxylic acids is 1. The summed E-state index contributed by atoms with van der Waals surface area (Å²) in [6.07, 6.45) is 2.32. The third kappa shape index (κ3) is 2.74. The van der Waals surface area contributed by atoms with Gasteiger partial charge in [-0.3, -0.25) is 4.79 Å². The molecule has 0 saturated carbocycles. The number of benzene rings is 2. The van der Waals surface area contributed by atoms with Gasteiger partial charge in [-0.25, -0.2) is 0 Å². The van der Waals surface area contributed by atoms with Gasteiger partial charge in [0.2, 0.25) is 0 Å². The maximum Gasteiger partial charge on any atom is 0.162 e. The number of allylic oxidation sites excluding steroid dienone is 2. The number of anilines is 1. The number of ether oxygens (including phenoxy) is 2. The minimum absolute atomic E-state index is 0.160. The fourth-order valence-corrected chi connectivity index (χ4v) is 4.12. The Labute approximate surface area is 157 Å². The third-order valence-electron chi connectivity index (χ3n) is 5.08. The minimum Gasteiger partial charge on any atom is -0.493 e. The maximum absolute atomic E-state index is 12.8. The predicted molar refractivity (Wildman–Crippen MR) is 102 cm³/mol. The van der Waals surface area contributed by atoms with E-state index in [0.29, 0.717) is 22.9 Å². The Balaban J connectivity index is 1.96. The van der Waals surface area contributed by atoms with Crippen LogP contribution in [0.2, 0.25) is 5.02 Å². The molecule has 1 aliphatic heterocycles. The molecule has 0 aromatic heterocycles. The van der Waals surface area contributed by atoms with Crippen molar-refractivity contribution in [2.45, 2.75) is 25.2 Å². The van der Waals surface area contributed by atoms with Gasteiger partial charge in [-0.1, -0.05) is 23.7 Å². The molecule has 4 nitrogen and oxygen atoms in total. The molecule has 0 unspecified atom stereocenters. The molecule has 1 aliphatic carbocycles. The Kier molecular flexibility index (Phi) is 4.37. The lowest BCUT2D eigenvalue weighted by Crippen LogP contribution is -2.27. The monoisotopic (exact) mass is 369 g/mol. The van der Waals surface area contributed by atoms with Crippen LogP contribution in [0.3, 0.4) is 0 Å². The number of ketones is 1. The van der Waals surface area contributed by atoms with E-state index in [9.17, 15) is 4.79 Å². The number of nitrogens with one attached hydrogen (secondary N) is 1. The van der Waals surface area contributed by atoms with Gasteiger partial charge in [-0.2, -0.15) is 0 Å². The van der Waals surface area contributed by atoms with E-state index in [1.807, 2.05) is 36.4 Å². The van der Waals surface area contributed by atoms with Crippen molar-refractivity contribution >= 4 is 23.1 Å². The largest absolute Gasteiger partial charge is 0.493 e. The molecular weight excluding hydrogens is 350 g/mol. The highest BCUT2D eigenvalue weighted by molar-refractivity contribution is 6.30. The summed E-state index contributed by atoms with van der Waals surface area (Å²) < 4.78 is 10.9. The van der Waals surface area contributed by atoms with Crippen LogP contribution in [0.5, 0.6) is 11.5 Å². The van der Waals surface area contributed by atoms with Gasteiger partial charge in [0.1, 0.15) is 0 Å². The first-order valence-corrected chi connectivity index (χ1v) is 9.05. The summed E-state index contributed by atoms with van der Waals surface area (Å²) in [7, 11) is 3.24. The van der Waals surface area contributed by atoms with Crippen LogP contribution in [0, 0.1) is 0 Å². The normalized spacial score (nSPS) is 18.7. The fourth-order valence-electron chi connectivity index (χ4n) is 3.92. The molecule has 134 valence electrons. The summed E-state index contributed by atoms with van der Waals surface area (Å²) in [5.74, 6) is 1.35. The van der Waals surface area contributed by atoms with Crippen molar-refractivity contribution in [3.05, 3.63) is 63.8 Å². The van der Waals surface area contributed by atoms with Crippen LogP contribution in [0.15, 0.2) is 47.7 Å². The number of methoxy groups -OCH3 is 2. The molecule has 0 saturated heterocycles. The highest BCUT2D eigenvalue weighted by atomic mass is 35.5. The average Bonchev–Trinajstić information content (AvgIpc) is 2.65. The lowest BCUT2D eigenvalue weighted by Gasteiger charge is -2.34. The summed E-state index contributed by atoms with van der Waals surface area (Å²) >= 11 is 6.25. The van der Waals surface area contributed by atoms with Crippen LogP contribution in [0.1, 0.15) is 36.3 Å². The Morgan fingerprint density at radius 3 is 2.58 bits per heavy atom. The highest BCUT2D eigenvalue weighted by Gasteiger charge is 2.36. The quantitative estimate of drug-likeness (QED) is 0.834. The van der Waals surface area contributed by atoms with E-state index in [2.05, 4.69) is 5.32 Å². The molecule has 0 spiro atoms. The number of rotatable bonds is 3. The van der Waals surface area contributed by atoms with Gasteiger partial charge < -0.3 is 14.8 Å². The van der Waals surface area contributed by atoms with Gasteiger partial charge in [-0.15, -0.1) is 0 Å². The molecule has 1 heterocycles. The summed E-state index contributed by atoms with van der Waals surface area (Å²) in [6, 6.07) is 11.6. The minimum atomic E-state index is -0.160. The van der Waals surface area contributed by atoms with Crippen LogP contribution >= 0.6 is 11.6 Å². The lowest BCUT2D eigenvalue weighted by atomic mass is 9.75. The van der Waals surface area contributed by atoms with Crippen molar-refractivity contribution < 1.29 is 14.3 Å². The third-order valence-corrected chi connectivity index (χ3v) is 5.31. The molecule has 1 atom stereocenters. The SMILES string of the molecule is COc1cc2c(cc1OC)[C@H](c1cccc(Cl)c1)C1=C(CCCC1=O)N2. The first kappa shape index (κ1) is 17.0. The second kappa shape index (κ2) is 6.69. The molecule has 0 fully saturated rings. The summed E-state index contributed by atoms with van der Waals surface area (Å²) in [5.41, 5.74) is 4.80. The van der Waals surface area contributed by atoms with Gasteiger partial charge in [0.05, 0.1) is 14.2 Å². The number of fused-ring (bicyclic) bond motifs is 1. The molecule has 2 aliphatic rings. The van der Waals surface area contributed by atoms with E-state index < -0.39 is 0 Å². The second-order valence-corrected chi connectivity index (χ2v) is 7.01. The Morgan fingerprint density at radius 2 is 1.85 bits per heavy atom. The van der Waals surface area contributed by atoms with E-state index in [0.717, 1.165) is 40.9 Å². The molecule has 0 radical (unpaired) electrons. The Bertz CT molecular complexity index is 919. The summed E-state index contributed by atoms with van der Waals surface area (Å²) in [4.78, 5) is 12.8. The van der Waals surface area contributed by atoms with E-state index in [1.54, 1.807) is 14.2 Å². The van der Waals surface area contributed by atoms with Crippen molar-refractivity contribution in [2.24, 2.45) is 0 Å². The van der Waals surface area contributed by atoms with Crippen LogP contribution in [-0.2, 0) is 4.79 Å². The number of carbonyl (C=O) groups is 1. The Hall–Kier alpha value is -2.46. The smallest absolute Gasteiger partial charge is 0.162 e. The van der Waals surface area contributed by atoms with E-state index in [1.165, 1.54) is 0 Å². The van der Waals surface area contributed by atoms with E-state index in [4.69, 9.17) is 21.1 Å². The molecule has 4 rings (SSSR count). The van der Waals surface area contributed by atoms with Crippen molar-refractivity contribution in [1.82, 2.24) is 0 Å². The zero-order valence-corrected chi connectivity index (χ0v) is 15.5. The van der Waals surface area contributed by atoms with Crippen molar-refractivity contribution in [1.29, 1.82) is 0 Å². The van der Waals surface area contributed by atoms with E-state index in [-0.39, 0.29) is 11.7 Å². The zero-order chi connectivity index (χ0) is 18.3. The van der Waals surface area contributed by atoms with Crippen molar-refractivity contribution in [2.75, 3.05) is 19.5 Å². The molecule has 5 heteroatoms. The maximum atomic E-state index is 12.8. The van der Waals surface area contributed by atoms with Gasteiger partial charge >= 0.3 is 0 Å². The molecule has 1 N–H and O–H groups in total. The van der Waals surface area contributed by atoms with Gasteiger partial charge in [-0.05, 0) is 42.2 Å². The molecule has 2 aromatic carbocycles. The Morgan fingerprint density at radius 1 is 1.08 bits per heavy atom. The molecule has 2 aromatic rings. The van der Waals surface area contributed by atoms with Gasteiger partial charge in [0, 0.05) is 40.4 Å². The molecule has 0 bridgehead atoms. The zero-order valence-electron chi connectivity index (χ0n) is 14.8. The predicted octanol–water partition coefficient (Wildman–Crippen LogP) is 4.92. The molecule has 26 heavy (non-hydrogen) atoms. The van der Waals surface area contributed by atoms with E-state index >= 15 is 0 Å². The lowest BCUT2D eigenvalue weighted by molar-refractivity contribution is -0.116. The fraction of sp³-hybridized carbons (Fsp3) is 0.286. The first-order chi connectivity index (χ1) is 12.6. The van der Waals surface area contributed by atoms with Crippen molar-refractivity contribution in [3.8, 4) is 11.5 Å². The topological polar surface area (TPSA) is 47.6 Å². The van der Waals surface area contributed by atoms with Crippen molar-refractivity contribution in [3.63, 3.8) is 0 Å². The van der Waals surface area contributed by atoms with Gasteiger partial charge in [0.25, 0.3) is 0 Å². The van der Waals surface area contributed by atoms with Crippen LogP contribution < -0.4 is 14.8 Å². The number of hydrogen-bond donors (Lipinski definition) is 1. The number of Topliss-reactive ketones (excluding diaryl/α,β-unsaturated/α-hetero) is 1. The first-order valence-electron chi connectivity index (χ1n) is 8.67. The highest BCUT2D eigenvalue weighted by Crippen LogP contribution is 2.48. The molecular formula is C21H20ClNO3. The van der Waals surface area contributed by atoms with Crippen LogP contribution in [-0.4, -0.2) is 20.0 Å². The average molecular weight is 370 g/mol. The van der Waals surface area contributed by atoms with Gasteiger partial charge in [0.15, 0.2) is 17.3 Å². The van der Waals surface area contributed by atoms with Crippen LogP contribution in [0.4, 0.5) is 5.69 Å². The molecule has 0 amide bonds. The summed E-state index contributed by atoms with van der Waals surface area (Å²) in [5, 5.41) is 4.12. The standard InChI is InChI=1S/C21H20ClNO3/c1-25-18-10-14-16(11-19(18)26-2)23-15-7-4-8-17(24)21(15)20(14)12-5-3-6-13(22)9-12/h3,5-6,9-11,20,23H,4,7-8H2,1-2H3/t20-/m0/s1. The number of halogens is 1. The van der Waals surface area contributed by atoms with Crippen LogP contribution in [0.25, 0.3) is 0 Å².